The molecule has 2 saturated heterocycles. The van der Waals surface area contributed by atoms with Gasteiger partial charge in [-0.15, -0.1) is 24.0 Å². The van der Waals surface area contributed by atoms with Crippen LogP contribution in [0.3, 0.4) is 0 Å². The summed E-state index contributed by atoms with van der Waals surface area (Å²) in [6.07, 6.45) is 2.27. The number of aliphatic imine (C=N–C) groups is 1. The molecule has 0 aromatic heterocycles. The molecule has 170 valence electrons. The summed E-state index contributed by atoms with van der Waals surface area (Å²) in [5.41, 5.74) is 1.19. The molecule has 0 radical (unpaired) electrons. The van der Waals surface area contributed by atoms with Crippen LogP contribution in [0.25, 0.3) is 0 Å². The van der Waals surface area contributed by atoms with Crippen LogP contribution >= 0.6 is 35.6 Å². The lowest BCUT2D eigenvalue weighted by molar-refractivity contribution is 0.177. The van der Waals surface area contributed by atoms with Crippen LogP contribution in [0.5, 0.6) is 0 Å². The molecular formula is C21H34ClIN4O2S. The minimum atomic E-state index is -3.05. The Morgan fingerprint density at radius 3 is 2.50 bits per heavy atom. The highest BCUT2D eigenvalue weighted by molar-refractivity contribution is 14.0. The highest BCUT2D eigenvalue weighted by Crippen LogP contribution is 2.24. The maximum atomic E-state index is 12.2. The van der Waals surface area contributed by atoms with Crippen LogP contribution in [0.15, 0.2) is 29.3 Å². The second-order valence-electron chi connectivity index (χ2n) is 8.74. The topological polar surface area (TPSA) is 65.0 Å². The molecule has 0 bridgehead atoms. The monoisotopic (exact) mass is 568 g/mol. The second kappa shape index (κ2) is 10.8. The van der Waals surface area contributed by atoms with Crippen LogP contribution in [0, 0.1) is 5.92 Å². The van der Waals surface area contributed by atoms with E-state index in [4.69, 9.17) is 11.6 Å². The van der Waals surface area contributed by atoms with Gasteiger partial charge in [0.2, 0.25) is 0 Å². The lowest BCUT2D eigenvalue weighted by Crippen LogP contribution is -2.57. The van der Waals surface area contributed by atoms with Gasteiger partial charge in [-0.05, 0) is 57.3 Å². The number of sulfone groups is 1. The van der Waals surface area contributed by atoms with Crippen molar-refractivity contribution in [3.8, 4) is 0 Å². The highest BCUT2D eigenvalue weighted by atomic mass is 127. The van der Waals surface area contributed by atoms with Gasteiger partial charge in [0.25, 0.3) is 0 Å². The average Bonchev–Trinajstić information content (AvgIpc) is 2.68. The third-order valence-electron chi connectivity index (χ3n) is 6.16. The molecule has 1 N–H and O–H groups in total. The Balaban J connectivity index is 0.00000320. The fourth-order valence-corrected chi connectivity index (χ4v) is 5.67. The Kier molecular flexibility index (Phi) is 9.27. The molecule has 0 amide bonds. The zero-order chi connectivity index (χ0) is 21.1. The first-order valence-electron chi connectivity index (χ1n) is 10.4. The van der Waals surface area contributed by atoms with Gasteiger partial charge in [0.05, 0.1) is 10.5 Å². The van der Waals surface area contributed by atoms with Crippen LogP contribution in [-0.4, -0.2) is 74.4 Å². The van der Waals surface area contributed by atoms with E-state index in [-0.39, 0.29) is 29.7 Å². The molecule has 2 fully saturated rings. The Hall–Kier alpha value is -0.580. The lowest BCUT2D eigenvalue weighted by Gasteiger charge is -2.39. The SMILES string of the molecule is CN=C(NCC1CCN(Cc2ccccc2Cl)CC1)N1CCS(=O)(=O)C(C)(C)C1.I. The van der Waals surface area contributed by atoms with Gasteiger partial charge in [-0.25, -0.2) is 8.42 Å². The molecule has 30 heavy (non-hydrogen) atoms. The predicted octanol–water partition coefficient (Wildman–Crippen LogP) is 3.25. The minimum Gasteiger partial charge on any atom is -0.356 e. The molecule has 0 atom stereocenters. The van der Waals surface area contributed by atoms with E-state index < -0.39 is 14.6 Å². The van der Waals surface area contributed by atoms with Crippen LogP contribution in [0.4, 0.5) is 0 Å². The first-order valence-corrected chi connectivity index (χ1v) is 12.4. The van der Waals surface area contributed by atoms with E-state index in [0.29, 0.717) is 19.0 Å². The molecule has 0 unspecified atom stereocenters. The van der Waals surface area contributed by atoms with Crippen molar-refractivity contribution in [3.63, 3.8) is 0 Å². The van der Waals surface area contributed by atoms with Gasteiger partial charge in [-0.1, -0.05) is 29.8 Å². The number of piperidine rings is 1. The fourth-order valence-electron chi connectivity index (χ4n) is 4.11. The molecule has 3 rings (SSSR count). The number of benzene rings is 1. The summed E-state index contributed by atoms with van der Waals surface area (Å²) in [4.78, 5) is 8.94. The largest absolute Gasteiger partial charge is 0.356 e. The van der Waals surface area contributed by atoms with Crippen molar-refractivity contribution in [1.82, 2.24) is 15.1 Å². The summed E-state index contributed by atoms with van der Waals surface area (Å²) < 4.78 is 23.8. The van der Waals surface area contributed by atoms with Crippen molar-refractivity contribution in [3.05, 3.63) is 34.9 Å². The summed E-state index contributed by atoms with van der Waals surface area (Å²) in [5.74, 6) is 1.59. The van der Waals surface area contributed by atoms with Crippen LogP contribution in [0.2, 0.25) is 5.02 Å². The number of rotatable bonds is 4. The third-order valence-corrected chi connectivity index (χ3v) is 9.06. The van der Waals surface area contributed by atoms with Gasteiger partial charge in [0.15, 0.2) is 15.8 Å². The first-order chi connectivity index (χ1) is 13.7. The fraction of sp³-hybridized carbons (Fsp3) is 0.667. The maximum Gasteiger partial charge on any atom is 0.193 e. The number of halogens is 2. The molecule has 1 aromatic carbocycles. The highest BCUT2D eigenvalue weighted by Gasteiger charge is 2.41. The lowest BCUT2D eigenvalue weighted by atomic mass is 9.96. The zero-order valence-electron chi connectivity index (χ0n) is 18.1. The molecular weight excluding hydrogens is 535 g/mol. The van der Waals surface area contributed by atoms with Gasteiger partial charge in [0.1, 0.15) is 0 Å². The van der Waals surface area contributed by atoms with Crippen molar-refractivity contribution in [2.45, 2.75) is 38.0 Å². The summed E-state index contributed by atoms with van der Waals surface area (Å²) in [6, 6.07) is 8.05. The second-order valence-corrected chi connectivity index (χ2v) is 11.9. The van der Waals surface area contributed by atoms with Crippen molar-refractivity contribution in [1.29, 1.82) is 0 Å². The van der Waals surface area contributed by atoms with Gasteiger partial charge in [-0.3, -0.25) is 9.89 Å². The molecule has 0 saturated carbocycles. The van der Waals surface area contributed by atoms with Crippen molar-refractivity contribution >= 4 is 51.4 Å². The Bertz CT molecular complexity index is 839. The molecule has 9 heteroatoms. The summed E-state index contributed by atoms with van der Waals surface area (Å²) in [7, 11) is -1.28. The van der Waals surface area contributed by atoms with Crippen LogP contribution in [0.1, 0.15) is 32.3 Å². The minimum absolute atomic E-state index is 0. The normalized spacial score (nSPS) is 22.4. The Morgan fingerprint density at radius 2 is 1.90 bits per heavy atom. The number of nitrogens with zero attached hydrogens (tertiary/aromatic N) is 3. The van der Waals surface area contributed by atoms with E-state index in [2.05, 4.69) is 26.2 Å². The molecule has 2 aliphatic heterocycles. The predicted molar refractivity (Wildman–Crippen MR) is 136 cm³/mol. The molecule has 0 aliphatic carbocycles. The van der Waals surface area contributed by atoms with Crippen LogP contribution in [-0.2, 0) is 16.4 Å². The van der Waals surface area contributed by atoms with E-state index >= 15 is 0 Å². The number of nitrogens with one attached hydrogen (secondary N) is 1. The summed E-state index contributed by atoms with van der Waals surface area (Å²) in [6.45, 7) is 8.48. The van der Waals surface area contributed by atoms with E-state index in [9.17, 15) is 8.42 Å². The van der Waals surface area contributed by atoms with Crippen molar-refractivity contribution in [2.24, 2.45) is 10.9 Å². The Labute approximate surface area is 203 Å². The van der Waals surface area contributed by atoms with Crippen LogP contribution < -0.4 is 5.32 Å². The number of hydrogen-bond donors (Lipinski definition) is 1. The van der Waals surface area contributed by atoms with Gasteiger partial charge >= 0.3 is 0 Å². The molecule has 6 nitrogen and oxygen atoms in total. The molecule has 0 spiro atoms. The van der Waals surface area contributed by atoms with Crippen molar-refractivity contribution in [2.75, 3.05) is 45.5 Å². The van der Waals surface area contributed by atoms with Gasteiger partial charge in [-0.2, -0.15) is 0 Å². The standard InChI is InChI=1S/C21H33ClN4O2S.HI/c1-21(2)16-26(12-13-29(21,27)28)20(23-3)24-14-17-8-10-25(11-9-17)15-18-6-4-5-7-19(18)22;/h4-7,17H,8-16H2,1-3H3,(H,23,24);1H. The quantitative estimate of drug-likeness (QED) is 0.343. The summed E-state index contributed by atoms with van der Waals surface area (Å²) in [5, 5.41) is 4.33. The number of hydrogen-bond acceptors (Lipinski definition) is 4. The Morgan fingerprint density at radius 1 is 1.23 bits per heavy atom. The zero-order valence-corrected chi connectivity index (χ0v) is 22.0. The average molecular weight is 569 g/mol. The number of guanidine groups is 1. The molecule has 2 heterocycles. The van der Waals surface area contributed by atoms with E-state index in [1.54, 1.807) is 20.9 Å². The molecule has 2 aliphatic rings. The summed E-state index contributed by atoms with van der Waals surface area (Å²) >= 11 is 6.29. The molecule has 1 aromatic rings. The number of likely N-dealkylation sites (tertiary alicyclic amines) is 1. The first kappa shape index (κ1) is 25.7. The van der Waals surface area contributed by atoms with E-state index in [0.717, 1.165) is 50.0 Å². The van der Waals surface area contributed by atoms with Gasteiger partial charge < -0.3 is 10.2 Å². The van der Waals surface area contributed by atoms with Crippen molar-refractivity contribution < 1.29 is 8.42 Å². The smallest absolute Gasteiger partial charge is 0.193 e. The third kappa shape index (κ3) is 6.23. The van der Waals surface area contributed by atoms with E-state index in [1.807, 2.05) is 18.2 Å². The maximum absolute atomic E-state index is 12.2. The van der Waals surface area contributed by atoms with E-state index in [1.165, 1.54) is 5.56 Å². The van der Waals surface area contributed by atoms with Gasteiger partial charge in [0, 0.05) is 38.2 Å².